The van der Waals surface area contributed by atoms with Gasteiger partial charge in [-0.2, -0.15) is 0 Å². The molecule has 3 rings (SSSR count). The van der Waals surface area contributed by atoms with E-state index in [4.69, 9.17) is 9.47 Å². The van der Waals surface area contributed by atoms with Crippen molar-refractivity contribution in [1.29, 1.82) is 0 Å². The lowest BCUT2D eigenvalue weighted by molar-refractivity contribution is -0.127. The summed E-state index contributed by atoms with van der Waals surface area (Å²) in [6, 6.07) is 16.6. The van der Waals surface area contributed by atoms with Gasteiger partial charge >= 0.3 is 0 Å². The monoisotopic (exact) mass is 395 g/mol. The molecule has 2 aromatic carbocycles. The third-order valence-corrected chi connectivity index (χ3v) is 5.90. The fourth-order valence-corrected chi connectivity index (χ4v) is 3.99. The number of rotatable bonds is 7. The molecular weight excluding hydrogens is 362 g/mol. The SMILES string of the molecule is Cc1ccc(C(C)C)c(OC(C)C(=O)NCC2(c3ccccc3)CCOCC2)c1. The summed E-state index contributed by atoms with van der Waals surface area (Å²) >= 11 is 0. The molecule has 4 heteroatoms. The minimum Gasteiger partial charge on any atom is -0.481 e. The van der Waals surface area contributed by atoms with E-state index >= 15 is 0 Å². The van der Waals surface area contributed by atoms with Crippen LogP contribution in [0.15, 0.2) is 48.5 Å². The molecule has 1 heterocycles. The number of aryl methyl sites for hydroxylation is 1. The minimum atomic E-state index is -0.554. The number of carbonyl (C=O) groups excluding carboxylic acids is 1. The van der Waals surface area contributed by atoms with Crippen LogP contribution in [-0.4, -0.2) is 31.8 Å². The second kappa shape index (κ2) is 9.45. The second-order valence-corrected chi connectivity index (χ2v) is 8.43. The van der Waals surface area contributed by atoms with Gasteiger partial charge in [-0.15, -0.1) is 0 Å². The number of hydrogen-bond acceptors (Lipinski definition) is 3. The molecule has 156 valence electrons. The molecule has 1 aliphatic heterocycles. The van der Waals surface area contributed by atoms with Crippen molar-refractivity contribution >= 4 is 5.91 Å². The molecule has 0 spiro atoms. The highest BCUT2D eigenvalue weighted by Crippen LogP contribution is 2.34. The zero-order valence-corrected chi connectivity index (χ0v) is 18.0. The van der Waals surface area contributed by atoms with E-state index in [-0.39, 0.29) is 11.3 Å². The van der Waals surface area contributed by atoms with Gasteiger partial charge in [-0.25, -0.2) is 0 Å². The Balaban J connectivity index is 1.69. The van der Waals surface area contributed by atoms with Crippen molar-refractivity contribution in [3.63, 3.8) is 0 Å². The quantitative estimate of drug-likeness (QED) is 0.736. The number of benzene rings is 2. The maximum atomic E-state index is 12.9. The lowest BCUT2D eigenvalue weighted by Gasteiger charge is -2.38. The molecule has 1 aliphatic rings. The van der Waals surface area contributed by atoms with Gasteiger partial charge in [-0.1, -0.05) is 56.3 Å². The molecule has 1 N–H and O–H groups in total. The van der Waals surface area contributed by atoms with E-state index in [2.05, 4.69) is 55.6 Å². The molecule has 1 amide bonds. The Bertz CT molecular complexity index is 810. The normalized spacial score (nSPS) is 17.0. The van der Waals surface area contributed by atoms with E-state index in [1.165, 1.54) is 5.56 Å². The Morgan fingerprint density at radius 1 is 1.10 bits per heavy atom. The van der Waals surface area contributed by atoms with E-state index < -0.39 is 6.10 Å². The first kappa shape index (κ1) is 21.4. The Labute approximate surface area is 174 Å². The van der Waals surface area contributed by atoms with Gasteiger partial charge in [0, 0.05) is 25.2 Å². The smallest absolute Gasteiger partial charge is 0.260 e. The van der Waals surface area contributed by atoms with Gasteiger partial charge in [-0.05, 0) is 55.4 Å². The van der Waals surface area contributed by atoms with Crippen molar-refractivity contribution in [3.8, 4) is 5.75 Å². The maximum absolute atomic E-state index is 12.9. The van der Waals surface area contributed by atoms with E-state index in [0.29, 0.717) is 12.5 Å². The van der Waals surface area contributed by atoms with E-state index in [1.807, 2.05) is 26.0 Å². The van der Waals surface area contributed by atoms with E-state index in [0.717, 1.165) is 42.9 Å². The van der Waals surface area contributed by atoms with Gasteiger partial charge in [0.25, 0.3) is 5.91 Å². The molecule has 2 aromatic rings. The van der Waals surface area contributed by atoms with Crippen molar-refractivity contribution in [2.45, 2.75) is 58.0 Å². The van der Waals surface area contributed by atoms with Crippen LogP contribution in [0.3, 0.4) is 0 Å². The predicted octanol–water partition coefficient (Wildman–Crippen LogP) is 4.75. The summed E-state index contributed by atoms with van der Waals surface area (Å²) in [5, 5.41) is 3.16. The zero-order chi connectivity index (χ0) is 20.9. The lowest BCUT2D eigenvalue weighted by atomic mass is 9.74. The van der Waals surface area contributed by atoms with Crippen LogP contribution in [-0.2, 0) is 14.9 Å². The van der Waals surface area contributed by atoms with Crippen molar-refractivity contribution < 1.29 is 14.3 Å². The number of ether oxygens (including phenoxy) is 2. The summed E-state index contributed by atoms with van der Waals surface area (Å²) in [4.78, 5) is 12.9. The first-order chi connectivity index (χ1) is 13.9. The van der Waals surface area contributed by atoms with Crippen LogP contribution in [0.1, 0.15) is 56.2 Å². The molecule has 1 atom stereocenters. The van der Waals surface area contributed by atoms with Crippen molar-refractivity contribution in [3.05, 3.63) is 65.2 Å². The Hall–Kier alpha value is -2.33. The Morgan fingerprint density at radius 3 is 2.45 bits per heavy atom. The topological polar surface area (TPSA) is 47.6 Å². The average molecular weight is 396 g/mol. The molecule has 4 nitrogen and oxygen atoms in total. The number of nitrogens with one attached hydrogen (secondary N) is 1. The average Bonchev–Trinajstić information content (AvgIpc) is 2.73. The molecular formula is C25H33NO3. The van der Waals surface area contributed by atoms with E-state index in [9.17, 15) is 4.79 Å². The summed E-state index contributed by atoms with van der Waals surface area (Å²) in [6.45, 7) is 10.2. The first-order valence-corrected chi connectivity index (χ1v) is 10.6. The number of carbonyl (C=O) groups is 1. The van der Waals surface area contributed by atoms with Crippen LogP contribution in [0.4, 0.5) is 0 Å². The third-order valence-electron chi connectivity index (χ3n) is 5.90. The highest BCUT2D eigenvalue weighted by atomic mass is 16.5. The predicted molar refractivity (Wildman–Crippen MR) is 117 cm³/mol. The summed E-state index contributed by atoms with van der Waals surface area (Å²) in [6.07, 6.45) is 1.26. The molecule has 0 radical (unpaired) electrons. The third kappa shape index (κ3) is 5.18. The molecule has 29 heavy (non-hydrogen) atoms. The largest absolute Gasteiger partial charge is 0.481 e. The Kier molecular flexibility index (Phi) is 6.96. The minimum absolute atomic E-state index is 0.0805. The number of amides is 1. The highest BCUT2D eigenvalue weighted by Gasteiger charge is 2.35. The molecule has 0 aliphatic carbocycles. The number of hydrogen-bond donors (Lipinski definition) is 1. The summed E-state index contributed by atoms with van der Waals surface area (Å²) in [5.41, 5.74) is 3.43. The van der Waals surface area contributed by atoms with Gasteiger partial charge in [0.15, 0.2) is 6.10 Å². The fraction of sp³-hybridized carbons (Fsp3) is 0.480. The van der Waals surface area contributed by atoms with Crippen molar-refractivity contribution in [1.82, 2.24) is 5.32 Å². The van der Waals surface area contributed by atoms with E-state index in [1.54, 1.807) is 0 Å². The molecule has 0 bridgehead atoms. The van der Waals surface area contributed by atoms with Gasteiger partial charge in [0.2, 0.25) is 0 Å². The van der Waals surface area contributed by atoms with Gasteiger partial charge < -0.3 is 14.8 Å². The molecule has 0 saturated carbocycles. The summed E-state index contributed by atoms with van der Waals surface area (Å²) in [5.74, 6) is 1.05. The van der Waals surface area contributed by atoms with Crippen LogP contribution < -0.4 is 10.1 Å². The molecule has 1 unspecified atom stereocenters. The van der Waals surface area contributed by atoms with Gasteiger partial charge in [-0.3, -0.25) is 4.79 Å². The maximum Gasteiger partial charge on any atom is 0.260 e. The highest BCUT2D eigenvalue weighted by molar-refractivity contribution is 5.80. The summed E-state index contributed by atoms with van der Waals surface area (Å²) in [7, 11) is 0. The van der Waals surface area contributed by atoms with Crippen molar-refractivity contribution in [2.24, 2.45) is 0 Å². The van der Waals surface area contributed by atoms with Crippen LogP contribution in [0.25, 0.3) is 0 Å². The molecule has 1 saturated heterocycles. The van der Waals surface area contributed by atoms with Crippen molar-refractivity contribution in [2.75, 3.05) is 19.8 Å². The Morgan fingerprint density at radius 2 is 1.79 bits per heavy atom. The standard InChI is InChI=1S/C25H33NO3/c1-18(2)22-11-10-19(3)16-23(22)29-20(4)24(27)26-17-25(12-14-28-15-13-25)21-8-6-5-7-9-21/h5-11,16,18,20H,12-15,17H2,1-4H3,(H,26,27). The zero-order valence-electron chi connectivity index (χ0n) is 18.0. The lowest BCUT2D eigenvalue weighted by Crippen LogP contribution is -2.47. The first-order valence-electron chi connectivity index (χ1n) is 10.6. The second-order valence-electron chi connectivity index (χ2n) is 8.43. The molecule has 0 aromatic heterocycles. The van der Waals surface area contributed by atoms with Gasteiger partial charge in [0.05, 0.1) is 0 Å². The van der Waals surface area contributed by atoms with Crippen LogP contribution in [0, 0.1) is 6.92 Å². The molecule has 1 fully saturated rings. The van der Waals surface area contributed by atoms with Crippen LogP contribution >= 0.6 is 0 Å². The summed E-state index contributed by atoms with van der Waals surface area (Å²) < 4.78 is 11.7. The van der Waals surface area contributed by atoms with Crippen LogP contribution in [0.5, 0.6) is 5.75 Å². The fourth-order valence-electron chi connectivity index (χ4n) is 3.99. The van der Waals surface area contributed by atoms with Crippen LogP contribution in [0.2, 0.25) is 0 Å². The van der Waals surface area contributed by atoms with Gasteiger partial charge in [0.1, 0.15) is 5.75 Å².